The minimum Gasteiger partial charge on any atom is -0.477 e. The maximum atomic E-state index is 12.8. The van der Waals surface area contributed by atoms with E-state index in [1.54, 1.807) is 17.8 Å². The van der Waals surface area contributed by atoms with Crippen LogP contribution >= 0.6 is 46.5 Å². The summed E-state index contributed by atoms with van der Waals surface area (Å²) in [5, 5.41) is 29.7. The molecule has 2 atom stereocenters. The number of halogens is 1. The molecule has 0 spiro atoms. The van der Waals surface area contributed by atoms with E-state index < -0.39 is 34.9 Å². The van der Waals surface area contributed by atoms with Crippen molar-refractivity contribution < 1.29 is 24.7 Å². The standard InChI is InChI=1S/C19H21ClN6O5S3/c20-14-10(24-19(21)34-14)11(25-31)15(27)23-12-16(28)26-13(18(29)30)8(7-33-17(12)26)3-6-32-9-1-4-22-5-2-9/h3,6,9,12,17,22,31H,1-2,4-5,7H2,(H2,21,24)(H,23,27)(H,29,30)/b6-3?,25-11-/t12-,17-/m1/s1. The Morgan fingerprint density at radius 1 is 1.38 bits per heavy atom. The fraction of sp³-hybridized carbons (Fsp3) is 0.421. The third-order valence-corrected chi connectivity index (χ3v) is 8.99. The Morgan fingerprint density at radius 3 is 2.74 bits per heavy atom. The highest BCUT2D eigenvalue weighted by Gasteiger charge is 2.54. The van der Waals surface area contributed by atoms with Crippen molar-refractivity contribution in [3.8, 4) is 0 Å². The number of nitrogens with zero attached hydrogens (tertiary/aromatic N) is 3. The van der Waals surface area contributed by atoms with Crippen LogP contribution in [0.25, 0.3) is 0 Å². The van der Waals surface area contributed by atoms with Gasteiger partial charge >= 0.3 is 5.97 Å². The third kappa shape index (κ3) is 4.91. The number of hydrogen-bond donors (Lipinski definition) is 5. The molecule has 11 nitrogen and oxygen atoms in total. The van der Waals surface area contributed by atoms with Gasteiger partial charge in [-0.25, -0.2) is 9.78 Å². The van der Waals surface area contributed by atoms with E-state index in [4.69, 9.17) is 17.3 Å². The number of anilines is 1. The van der Waals surface area contributed by atoms with Crippen LogP contribution in [0.3, 0.4) is 0 Å². The van der Waals surface area contributed by atoms with Gasteiger partial charge in [0.2, 0.25) is 0 Å². The number of amides is 2. The number of rotatable bonds is 7. The molecule has 2 saturated heterocycles. The van der Waals surface area contributed by atoms with Crippen molar-refractivity contribution in [1.29, 1.82) is 0 Å². The lowest BCUT2D eigenvalue weighted by Crippen LogP contribution is -2.71. The molecule has 0 aromatic carbocycles. The lowest BCUT2D eigenvalue weighted by Gasteiger charge is -2.49. The van der Waals surface area contributed by atoms with Crippen LogP contribution in [0.15, 0.2) is 27.9 Å². The molecule has 1 aromatic heterocycles. The van der Waals surface area contributed by atoms with Gasteiger partial charge in [0.1, 0.15) is 27.1 Å². The van der Waals surface area contributed by atoms with Crippen molar-refractivity contribution in [3.63, 3.8) is 0 Å². The Labute approximate surface area is 211 Å². The van der Waals surface area contributed by atoms with Crippen LogP contribution < -0.4 is 16.4 Å². The second-order valence-corrected chi connectivity index (χ2v) is 11.5. The fourth-order valence-electron chi connectivity index (χ4n) is 3.81. The molecule has 34 heavy (non-hydrogen) atoms. The van der Waals surface area contributed by atoms with E-state index in [-0.39, 0.29) is 20.9 Å². The molecule has 1 aromatic rings. The average molecular weight is 545 g/mol. The number of hydrogen-bond acceptors (Lipinski definition) is 11. The summed E-state index contributed by atoms with van der Waals surface area (Å²) < 4.78 is 0.0592. The number of carboxylic acids is 1. The van der Waals surface area contributed by atoms with Crippen molar-refractivity contribution in [1.82, 2.24) is 20.5 Å². The molecule has 4 heterocycles. The summed E-state index contributed by atoms with van der Waals surface area (Å²) in [6.45, 7) is 1.93. The largest absolute Gasteiger partial charge is 0.477 e. The van der Waals surface area contributed by atoms with Gasteiger partial charge in [0, 0.05) is 11.0 Å². The molecular weight excluding hydrogens is 524 g/mol. The van der Waals surface area contributed by atoms with Crippen molar-refractivity contribution in [2.24, 2.45) is 5.16 Å². The van der Waals surface area contributed by atoms with Gasteiger partial charge in [0.15, 0.2) is 10.8 Å². The number of aliphatic carboxylic acids is 1. The highest BCUT2D eigenvalue weighted by atomic mass is 35.5. The number of β-lactam (4-membered cyclic amide) rings is 1. The summed E-state index contributed by atoms with van der Waals surface area (Å²) in [5.74, 6) is -2.29. The van der Waals surface area contributed by atoms with Gasteiger partial charge in [-0.2, -0.15) is 0 Å². The zero-order chi connectivity index (χ0) is 24.4. The number of nitrogen functional groups attached to an aromatic ring is 1. The summed E-state index contributed by atoms with van der Waals surface area (Å²) in [6.07, 6.45) is 3.84. The number of allylic oxidation sites excluding steroid dienone is 1. The molecule has 0 unspecified atom stereocenters. The molecule has 0 saturated carbocycles. The monoisotopic (exact) mass is 544 g/mol. The molecule has 6 N–H and O–H groups in total. The molecule has 0 aliphatic carbocycles. The summed E-state index contributed by atoms with van der Waals surface area (Å²) in [6, 6.07) is -0.993. The molecule has 182 valence electrons. The van der Waals surface area contributed by atoms with Crippen LogP contribution in [0.4, 0.5) is 5.13 Å². The average Bonchev–Trinajstić information content (AvgIpc) is 3.15. The topological polar surface area (TPSA) is 170 Å². The number of carbonyl (C=O) groups is 3. The lowest BCUT2D eigenvalue weighted by molar-refractivity contribution is -0.150. The highest BCUT2D eigenvalue weighted by Crippen LogP contribution is 2.41. The maximum Gasteiger partial charge on any atom is 0.352 e. The van der Waals surface area contributed by atoms with Crippen LogP contribution in [0, 0.1) is 0 Å². The second-order valence-electron chi connectivity index (χ2n) is 7.55. The van der Waals surface area contributed by atoms with Crippen LogP contribution in [0.5, 0.6) is 0 Å². The smallest absolute Gasteiger partial charge is 0.352 e. The first kappa shape index (κ1) is 24.9. The molecular formula is C19H21ClN6O5S3. The number of carboxylic acid groups (broad SMARTS) is 1. The number of thiazole rings is 1. The zero-order valence-corrected chi connectivity index (χ0v) is 20.8. The van der Waals surface area contributed by atoms with Gasteiger partial charge in [-0.05, 0) is 43.0 Å². The Hall–Kier alpha value is -2.26. The molecule has 15 heteroatoms. The predicted octanol–water partition coefficient (Wildman–Crippen LogP) is 1.29. The number of piperidine rings is 1. The minimum atomic E-state index is -1.21. The van der Waals surface area contributed by atoms with Crippen molar-refractivity contribution >= 4 is 75.1 Å². The SMILES string of the molecule is Nc1nc(/C(=N/O)C(=O)N[C@@H]2C(=O)N3C(C(=O)O)=C(C=CSC4CCNCC4)CS[C@H]23)c(Cl)s1. The number of fused-ring (bicyclic) bond motifs is 1. The number of aromatic nitrogens is 1. The van der Waals surface area contributed by atoms with E-state index in [1.807, 2.05) is 5.41 Å². The molecule has 3 aliphatic heterocycles. The van der Waals surface area contributed by atoms with Gasteiger partial charge in [-0.15, -0.1) is 23.5 Å². The van der Waals surface area contributed by atoms with Gasteiger partial charge in [-0.1, -0.05) is 28.1 Å². The maximum absolute atomic E-state index is 12.8. The Kier molecular flexibility index (Phi) is 7.72. The zero-order valence-electron chi connectivity index (χ0n) is 17.6. The number of nitrogens with two attached hydrogens (primary N) is 1. The van der Waals surface area contributed by atoms with E-state index >= 15 is 0 Å². The minimum absolute atomic E-state index is 0.0592. The quantitative estimate of drug-likeness (QED) is 0.146. The van der Waals surface area contributed by atoms with Crippen LogP contribution in [-0.2, 0) is 14.4 Å². The van der Waals surface area contributed by atoms with Gasteiger partial charge in [-0.3, -0.25) is 14.5 Å². The van der Waals surface area contributed by atoms with Crippen LogP contribution in [0.2, 0.25) is 4.34 Å². The normalized spacial score (nSPS) is 23.7. The summed E-state index contributed by atoms with van der Waals surface area (Å²) in [5.41, 5.74) is 5.43. The van der Waals surface area contributed by atoms with Crippen LogP contribution in [-0.4, -0.2) is 79.2 Å². The fourth-order valence-corrected chi connectivity index (χ4v) is 7.03. The molecule has 3 aliphatic rings. The summed E-state index contributed by atoms with van der Waals surface area (Å²) in [4.78, 5) is 42.5. The lowest BCUT2D eigenvalue weighted by atomic mass is 10.0. The Balaban J connectivity index is 1.46. The van der Waals surface area contributed by atoms with Gasteiger partial charge < -0.3 is 26.7 Å². The molecule has 4 rings (SSSR count). The number of carbonyl (C=O) groups excluding carboxylic acids is 2. The third-order valence-electron chi connectivity index (χ3n) is 5.46. The molecule has 0 radical (unpaired) electrons. The number of oxime groups is 1. The first-order valence-corrected chi connectivity index (χ1v) is 13.4. The van der Waals surface area contributed by atoms with Gasteiger partial charge in [0.05, 0.1) is 0 Å². The predicted molar refractivity (Wildman–Crippen MR) is 132 cm³/mol. The molecule has 2 amide bonds. The summed E-state index contributed by atoms with van der Waals surface area (Å²) >= 11 is 9.90. The highest BCUT2D eigenvalue weighted by molar-refractivity contribution is 8.02. The van der Waals surface area contributed by atoms with E-state index in [1.165, 1.54) is 16.7 Å². The second kappa shape index (κ2) is 10.6. The first-order chi connectivity index (χ1) is 16.3. The van der Waals surface area contributed by atoms with Gasteiger partial charge in [0.25, 0.3) is 11.8 Å². The first-order valence-electron chi connectivity index (χ1n) is 10.2. The molecule has 2 fully saturated rings. The summed E-state index contributed by atoms with van der Waals surface area (Å²) in [7, 11) is 0. The van der Waals surface area contributed by atoms with Crippen molar-refractivity contribution in [3.05, 3.63) is 32.8 Å². The van der Waals surface area contributed by atoms with Crippen LogP contribution in [0.1, 0.15) is 18.5 Å². The number of thioether (sulfide) groups is 2. The van der Waals surface area contributed by atoms with E-state index in [0.717, 1.165) is 37.3 Å². The number of nitrogens with one attached hydrogen (secondary N) is 2. The van der Waals surface area contributed by atoms with E-state index in [0.29, 0.717) is 16.6 Å². The van der Waals surface area contributed by atoms with E-state index in [2.05, 4.69) is 20.8 Å². The Morgan fingerprint density at radius 2 is 2.12 bits per heavy atom. The van der Waals surface area contributed by atoms with Crippen molar-refractivity contribution in [2.75, 3.05) is 24.6 Å². The molecule has 0 bridgehead atoms. The van der Waals surface area contributed by atoms with E-state index in [9.17, 15) is 24.7 Å². The van der Waals surface area contributed by atoms with Crippen molar-refractivity contribution in [2.45, 2.75) is 29.5 Å². The Bertz CT molecular complexity index is 1100.